The Morgan fingerprint density at radius 1 is 1.44 bits per heavy atom. The van der Waals surface area contributed by atoms with Crippen LogP contribution in [-0.4, -0.2) is 13.1 Å². The van der Waals surface area contributed by atoms with Crippen molar-refractivity contribution in [1.29, 1.82) is 0 Å². The maximum Gasteiger partial charge on any atom is 0.341 e. The lowest BCUT2D eigenvalue weighted by Crippen LogP contribution is -2.01. The van der Waals surface area contributed by atoms with E-state index in [0.717, 1.165) is 10.9 Å². The van der Waals surface area contributed by atoms with Crippen molar-refractivity contribution in [2.45, 2.75) is 12.8 Å². The van der Waals surface area contributed by atoms with Crippen LogP contribution in [0, 0.1) is 6.92 Å². The van der Waals surface area contributed by atoms with Crippen molar-refractivity contribution in [2.75, 3.05) is 7.11 Å². The standard InChI is InChI=1S/C12H11ClO3/c1-7-3-8-5-9(6-13)16-11(8)10(4-7)12(14)15-2/h3-5H,6H2,1-2H3. The molecule has 0 fully saturated rings. The molecule has 3 nitrogen and oxygen atoms in total. The molecule has 0 spiro atoms. The number of aryl methyl sites for hydroxylation is 1. The number of furan rings is 1. The Morgan fingerprint density at radius 3 is 2.81 bits per heavy atom. The summed E-state index contributed by atoms with van der Waals surface area (Å²) in [7, 11) is 1.35. The summed E-state index contributed by atoms with van der Waals surface area (Å²) in [6.45, 7) is 1.92. The largest absolute Gasteiger partial charge is 0.465 e. The van der Waals surface area contributed by atoms with E-state index in [0.29, 0.717) is 16.9 Å². The van der Waals surface area contributed by atoms with Crippen molar-refractivity contribution in [1.82, 2.24) is 0 Å². The van der Waals surface area contributed by atoms with Crippen molar-refractivity contribution in [3.05, 3.63) is 35.1 Å². The number of carbonyl (C=O) groups is 1. The molecule has 2 rings (SSSR count). The Hall–Kier alpha value is -1.48. The highest BCUT2D eigenvalue weighted by Gasteiger charge is 2.15. The fourth-order valence-corrected chi connectivity index (χ4v) is 1.82. The number of fused-ring (bicyclic) bond motifs is 1. The minimum absolute atomic E-state index is 0.286. The van der Waals surface area contributed by atoms with Crippen LogP contribution in [0.4, 0.5) is 0 Å². The third kappa shape index (κ3) is 1.78. The first-order chi connectivity index (χ1) is 7.65. The highest BCUT2D eigenvalue weighted by atomic mass is 35.5. The highest BCUT2D eigenvalue weighted by molar-refractivity contribution is 6.17. The van der Waals surface area contributed by atoms with Gasteiger partial charge in [0.1, 0.15) is 16.9 Å². The highest BCUT2D eigenvalue weighted by Crippen LogP contribution is 2.26. The fraction of sp³-hybridized carbons (Fsp3) is 0.250. The summed E-state index contributed by atoms with van der Waals surface area (Å²) in [4.78, 5) is 11.6. The second-order valence-electron chi connectivity index (χ2n) is 3.57. The van der Waals surface area contributed by atoms with E-state index < -0.39 is 5.97 Å². The molecule has 0 amide bonds. The molecular weight excluding hydrogens is 228 g/mol. The summed E-state index contributed by atoms with van der Waals surface area (Å²) in [6, 6.07) is 5.53. The zero-order valence-electron chi connectivity index (χ0n) is 9.04. The van der Waals surface area contributed by atoms with E-state index in [-0.39, 0.29) is 5.88 Å². The van der Waals surface area contributed by atoms with E-state index in [2.05, 4.69) is 0 Å². The molecule has 1 aromatic heterocycles. The van der Waals surface area contributed by atoms with E-state index in [1.165, 1.54) is 7.11 Å². The summed E-state index contributed by atoms with van der Waals surface area (Å²) < 4.78 is 10.2. The average molecular weight is 239 g/mol. The molecule has 0 saturated carbocycles. The van der Waals surface area contributed by atoms with Gasteiger partial charge in [-0.25, -0.2) is 4.79 Å². The summed E-state index contributed by atoms with van der Waals surface area (Å²) in [5, 5.41) is 0.871. The van der Waals surface area contributed by atoms with Gasteiger partial charge >= 0.3 is 5.97 Å². The van der Waals surface area contributed by atoms with E-state index in [1.54, 1.807) is 6.07 Å². The lowest BCUT2D eigenvalue weighted by molar-refractivity contribution is 0.0601. The number of methoxy groups -OCH3 is 1. The Balaban J connectivity index is 2.70. The third-order valence-electron chi connectivity index (χ3n) is 2.35. The quantitative estimate of drug-likeness (QED) is 0.596. The number of ether oxygens (including phenoxy) is 1. The van der Waals surface area contributed by atoms with Gasteiger partial charge < -0.3 is 9.15 Å². The van der Waals surface area contributed by atoms with Crippen molar-refractivity contribution >= 4 is 28.5 Å². The second-order valence-corrected chi connectivity index (χ2v) is 3.84. The van der Waals surface area contributed by atoms with Crippen LogP contribution >= 0.6 is 11.6 Å². The van der Waals surface area contributed by atoms with Crippen LogP contribution in [0.1, 0.15) is 21.7 Å². The van der Waals surface area contributed by atoms with E-state index in [1.807, 2.05) is 19.1 Å². The minimum Gasteiger partial charge on any atom is -0.465 e. The molecule has 1 aromatic carbocycles. The predicted octanol–water partition coefficient (Wildman–Crippen LogP) is 3.27. The normalized spacial score (nSPS) is 10.7. The molecule has 0 unspecified atom stereocenters. The molecular formula is C12H11ClO3. The van der Waals surface area contributed by atoms with E-state index in [4.69, 9.17) is 20.8 Å². The number of rotatable bonds is 2. The molecule has 0 N–H and O–H groups in total. The number of hydrogen-bond acceptors (Lipinski definition) is 3. The van der Waals surface area contributed by atoms with Crippen LogP contribution in [0.3, 0.4) is 0 Å². The number of alkyl halides is 1. The zero-order chi connectivity index (χ0) is 11.7. The molecule has 84 valence electrons. The van der Waals surface area contributed by atoms with Gasteiger partial charge in [0.25, 0.3) is 0 Å². The van der Waals surface area contributed by atoms with Gasteiger partial charge in [0.05, 0.1) is 13.0 Å². The van der Waals surface area contributed by atoms with Gasteiger partial charge in [0.2, 0.25) is 0 Å². The molecule has 0 aliphatic carbocycles. The SMILES string of the molecule is COC(=O)c1cc(C)cc2cc(CCl)oc12. The first kappa shape index (κ1) is 11.0. The van der Waals surface area contributed by atoms with Gasteiger partial charge in [-0.2, -0.15) is 0 Å². The molecule has 1 heterocycles. The number of halogens is 1. The van der Waals surface area contributed by atoms with Crippen molar-refractivity contribution in [3.8, 4) is 0 Å². The molecule has 4 heteroatoms. The van der Waals surface area contributed by atoms with Crippen LogP contribution in [0.2, 0.25) is 0 Å². The molecule has 0 atom stereocenters. The van der Waals surface area contributed by atoms with Gasteiger partial charge in [0.15, 0.2) is 0 Å². The summed E-state index contributed by atoms with van der Waals surface area (Å²) in [5.74, 6) is 0.533. The van der Waals surface area contributed by atoms with E-state index >= 15 is 0 Å². The summed E-state index contributed by atoms with van der Waals surface area (Å²) in [6.07, 6.45) is 0. The number of hydrogen-bond donors (Lipinski definition) is 0. The molecule has 0 aliphatic heterocycles. The third-order valence-corrected chi connectivity index (χ3v) is 2.61. The van der Waals surface area contributed by atoms with Crippen LogP contribution in [0.15, 0.2) is 22.6 Å². The van der Waals surface area contributed by atoms with Gasteiger partial charge in [-0.05, 0) is 30.7 Å². The van der Waals surface area contributed by atoms with Crippen LogP contribution in [0.5, 0.6) is 0 Å². The van der Waals surface area contributed by atoms with E-state index in [9.17, 15) is 4.79 Å². The van der Waals surface area contributed by atoms with Crippen molar-refractivity contribution in [2.24, 2.45) is 0 Å². The fourth-order valence-electron chi connectivity index (χ4n) is 1.68. The van der Waals surface area contributed by atoms with Crippen molar-refractivity contribution < 1.29 is 13.9 Å². The Bertz CT molecular complexity index is 542. The molecule has 0 bridgehead atoms. The van der Waals surface area contributed by atoms with Gasteiger partial charge in [-0.1, -0.05) is 0 Å². The van der Waals surface area contributed by atoms with Gasteiger partial charge in [0, 0.05) is 5.39 Å². The van der Waals surface area contributed by atoms with Gasteiger partial charge in [-0.15, -0.1) is 11.6 Å². The minimum atomic E-state index is -0.399. The molecule has 0 radical (unpaired) electrons. The van der Waals surface area contributed by atoms with Crippen LogP contribution < -0.4 is 0 Å². The zero-order valence-corrected chi connectivity index (χ0v) is 9.80. The molecule has 0 saturated heterocycles. The monoisotopic (exact) mass is 238 g/mol. The van der Waals surface area contributed by atoms with Crippen molar-refractivity contribution in [3.63, 3.8) is 0 Å². The first-order valence-electron chi connectivity index (χ1n) is 4.83. The molecule has 0 aliphatic rings. The predicted molar refractivity (Wildman–Crippen MR) is 61.8 cm³/mol. The summed E-state index contributed by atoms with van der Waals surface area (Å²) >= 11 is 5.69. The van der Waals surface area contributed by atoms with Gasteiger partial charge in [-0.3, -0.25) is 0 Å². The smallest absolute Gasteiger partial charge is 0.341 e. The number of esters is 1. The number of benzene rings is 1. The van der Waals surface area contributed by atoms with Crippen LogP contribution in [-0.2, 0) is 10.6 Å². The average Bonchev–Trinajstić information content (AvgIpc) is 2.69. The second kappa shape index (κ2) is 4.18. The topological polar surface area (TPSA) is 39.4 Å². The Kier molecular flexibility index (Phi) is 2.88. The Labute approximate surface area is 97.9 Å². The molecule has 16 heavy (non-hydrogen) atoms. The van der Waals surface area contributed by atoms with Crippen LogP contribution in [0.25, 0.3) is 11.0 Å². The summed E-state index contributed by atoms with van der Waals surface area (Å²) in [5.41, 5.74) is 1.96. The number of carbonyl (C=O) groups excluding carboxylic acids is 1. The maximum absolute atomic E-state index is 11.6. The Morgan fingerprint density at radius 2 is 2.19 bits per heavy atom. The first-order valence-corrected chi connectivity index (χ1v) is 5.36. The lowest BCUT2D eigenvalue weighted by Gasteiger charge is -2.01. The molecule has 2 aromatic rings. The maximum atomic E-state index is 11.6. The lowest BCUT2D eigenvalue weighted by atomic mass is 10.1.